The maximum atomic E-state index is 10.4. The average molecular weight is 195 g/mol. The maximum absolute atomic E-state index is 10.4. The molecule has 2 aliphatic rings. The molecule has 0 radical (unpaired) electrons. The minimum atomic E-state index is 0.725. The highest BCUT2D eigenvalue weighted by molar-refractivity contribution is 5.49. The standard InChI is InChI=1S/C12H21NO/c14-10-4-9-13-8-3-6-11-5-1-2-7-12(11)13/h10-12H,1-9H2/t11-,12-/m1/s1. The van der Waals surface area contributed by atoms with Crippen LogP contribution in [0.1, 0.15) is 44.9 Å². The number of hydrogen-bond acceptors (Lipinski definition) is 2. The van der Waals surface area contributed by atoms with E-state index in [1.807, 2.05) is 0 Å². The summed E-state index contributed by atoms with van der Waals surface area (Å²) in [4.78, 5) is 13.0. The van der Waals surface area contributed by atoms with Gasteiger partial charge < -0.3 is 4.79 Å². The van der Waals surface area contributed by atoms with Gasteiger partial charge in [0.2, 0.25) is 0 Å². The highest BCUT2D eigenvalue weighted by atomic mass is 16.1. The number of fused-ring (bicyclic) bond motifs is 1. The number of piperidine rings is 1. The van der Waals surface area contributed by atoms with E-state index in [2.05, 4.69) is 4.90 Å². The molecule has 0 bridgehead atoms. The summed E-state index contributed by atoms with van der Waals surface area (Å²) >= 11 is 0. The van der Waals surface area contributed by atoms with E-state index >= 15 is 0 Å². The van der Waals surface area contributed by atoms with E-state index in [0.29, 0.717) is 0 Å². The Morgan fingerprint density at radius 3 is 2.79 bits per heavy atom. The second kappa shape index (κ2) is 4.92. The monoisotopic (exact) mass is 195 g/mol. The smallest absolute Gasteiger partial charge is 0.121 e. The number of likely N-dealkylation sites (tertiary alicyclic amines) is 1. The average Bonchev–Trinajstić information content (AvgIpc) is 2.26. The van der Waals surface area contributed by atoms with E-state index in [-0.39, 0.29) is 0 Å². The van der Waals surface area contributed by atoms with E-state index in [4.69, 9.17) is 0 Å². The Hall–Kier alpha value is -0.370. The molecule has 2 nitrogen and oxygen atoms in total. The van der Waals surface area contributed by atoms with Crippen molar-refractivity contribution in [2.24, 2.45) is 5.92 Å². The molecule has 1 aliphatic heterocycles. The van der Waals surface area contributed by atoms with Crippen LogP contribution in [-0.4, -0.2) is 30.3 Å². The lowest BCUT2D eigenvalue weighted by Crippen LogP contribution is -2.47. The summed E-state index contributed by atoms with van der Waals surface area (Å²) in [5, 5.41) is 0. The lowest BCUT2D eigenvalue weighted by atomic mass is 9.78. The van der Waals surface area contributed by atoms with Gasteiger partial charge in [0.05, 0.1) is 0 Å². The van der Waals surface area contributed by atoms with Crippen LogP contribution in [0.3, 0.4) is 0 Å². The largest absolute Gasteiger partial charge is 0.303 e. The summed E-state index contributed by atoms with van der Waals surface area (Å²) in [6.07, 6.45) is 10.2. The zero-order valence-corrected chi connectivity index (χ0v) is 8.95. The third-order valence-corrected chi connectivity index (χ3v) is 3.89. The Bertz CT molecular complexity index is 191. The van der Waals surface area contributed by atoms with Crippen LogP contribution in [0.4, 0.5) is 0 Å². The van der Waals surface area contributed by atoms with Crippen molar-refractivity contribution in [1.82, 2.24) is 4.90 Å². The Morgan fingerprint density at radius 1 is 1.14 bits per heavy atom. The van der Waals surface area contributed by atoms with E-state index in [0.717, 1.165) is 31.2 Å². The van der Waals surface area contributed by atoms with Gasteiger partial charge in [-0.1, -0.05) is 12.8 Å². The number of hydrogen-bond donors (Lipinski definition) is 0. The Morgan fingerprint density at radius 2 is 1.93 bits per heavy atom. The van der Waals surface area contributed by atoms with Gasteiger partial charge in [-0.05, 0) is 38.1 Å². The molecule has 2 fully saturated rings. The van der Waals surface area contributed by atoms with Crippen LogP contribution in [-0.2, 0) is 4.79 Å². The molecule has 0 aromatic rings. The zero-order valence-electron chi connectivity index (χ0n) is 8.95. The molecule has 0 spiro atoms. The quantitative estimate of drug-likeness (QED) is 0.644. The first-order valence-electron chi connectivity index (χ1n) is 6.09. The summed E-state index contributed by atoms with van der Waals surface area (Å²) in [5.41, 5.74) is 0. The number of carbonyl (C=O) groups is 1. The first kappa shape index (κ1) is 10.2. The van der Waals surface area contributed by atoms with Gasteiger partial charge in [0, 0.05) is 19.0 Å². The molecule has 0 unspecified atom stereocenters. The molecule has 1 saturated carbocycles. The van der Waals surface area contributed by atoms with Crippen molar-refractivity contribution < 1.29 is 4.79 Å². The van der Waals surface area contributed by atoms with Crippen molar-refractivity contribution >= 4 is 6.29 Å². The first-order chi connectivity index (χ1) is 6.92. The Labute approximate surface area is 86.7 Å². The molecule has 0 aromatic heterocycles. The van der Waals surface area contributed by atoms with E-state index in [9.17, 15) is 4.79 Å². The first-order valence-corrected chi connectivity index (χ1v) is 6.09. The summed E-state index contributed by atoms with van der Waals surface area (Å²) < 4.78 is 0. The molecule has 1 saturated heterocycles. The van der Waals surface area contributed by atoms with Crippen molar-refractivity contribution in [2.45, 2.75) is 51.0 Å². The highest BCUT2D eigenvalue weighted by Crippen LogP contribution is 2.34. The minimum absolute atomic E-state index is 0.725. The second-order valence-corrected chi connectivity index (χ2v) is 4.75. The predicted molar refractivity (Wildman–Crippen MR) is 57.2 cm³/mol. The summed E-state index contributed by atoms with van der Waals surface area (Å²) in [6.45, 7) is 2.24. The highest BCUT2D eigenvalue weighted by Gasteiger charge is 2.32. The number of nitrogens with zero attached hydrogens (tertiary/aromatic N) is 1. The maximum Gasteiger partial charge on any atom is 0.121 e. The lowest BCUT2D eigenvalue weighted by molar-refractivity contribution is -0.108. The molecule has 1 heterocycles. The second-order valence-electron chi connectivity index (χ2n) is 4.75. The van der Waals surface area contributed by atoms with Gasteiger partial charge in [0.1, 0.15) is 6.29 Å². The molecule has 80 valence electrons. The normalized spacial score (nSPS) is 33.7. The number of rotatable bonds is 3. The fourth-order valence-electron chi connectivity index (χ4n) is 3.22. The molecule has 0 amide bonds. The molecular formula is C12H21NO. The fraction of sp³-hybridized carbons (Fsp3) is 0.917. The van der Waals surface area contributed by atoms with E-state index in [1.165, 1.54) is 45.1 Å². The number of carbonyl (C=O) groups excluding carboxylic acids is 1. The van der Waals surface area contributed by atoms with Crippen molar-refractivity contribution in [2.75, 3.05) is 13.1 Å². The van der Waals surface area contributed by atoms with Crippen LogP contribution in [0.25, 0.3) is 0 Å². The molecule has 2 rings (SSSR count). The summed E-state index contributed by atoms with van der Waals surface area (Å²) in [5.74, 6) is 0.948. The van der Waals surface area contributed by atoms with E-state index < -0.39 is 0 Å². The van der Waals surface area contributed by atoms with Crippen LogP contribution in [0, 0.1) is 5.92 Å². The molecule has 2 heteroatoms. The van der Waals surface area contributed by atoms with Gasteiger partial charge >= 0.3 is 0 Å². The topological polar surface area (TPSA) is 20.3 Å². The van der Waals surface area contributed by atoms with Gasteiger partial charge in [0.25, 0.3) is 0 Å². The molecule has 0 N–H and O–H groups in total. The van der Waals surface area contributed by atoms with Gasteiger partial charge in [-0.3, -0.25) is 4.90 Å². The zero-order chi connectivity index (χ0) is 9.80. The molecule has 1 aliphatic carbocycles. The molecular weight excluding hydrogens is 174 g/mol. The van der Waals surface area contributed by atoms with Crippen LogP contribution in [0.15, 0.2) is 0 Å². The van der Waals surface area contributed by atoms with Crippen LogP contribution < -0.4 is 0 Å². The van der Waals surface area contributed by atoms with Crippen molar-refractivity contribution in [3.8, 4) is 0 Å². The molecule has 0 aromatic carbocycles. The van der Waals surface area contributed by atoms with Gasteiger partial charge in [-0.2, -0.15) is 0 Å². The van der Waals surface area contributed by atoms with Crippen LogP contribution in [0.5, 0.6) is 0 Å². The van der Waals surface area contributed by atoms with Crippen LogP contribution >= 0.6 is 0 Å². The summed E-state index contributed by atoms with van der Waals surface area (Å²) in [7, 11) is 0. The predicted octanol–water partition coefficient (Wildman–Crippen LogP) is 2.23. The molecule has 2 atom stereocenters. The van der Waals surface area contributed by atoms with Crippen molar-refractivity contribution in [3.05, 3.63) is 0 Å². The SMILES string of the molecule is O=CCCN1CCC[C@H]2CCCC[C@H]21. The van der Waals surface area contributed by atoms with Gasteiger partial charge in [0.15, 0.2) is 0 Å². The Kier molecular flexibility index (Phi) is 3.57. The van der Waals surface area contributed by atoms with Crippen molar-refractivity contribution in [1.29, 1.82) is 0 Å². The molecule has 14 heavy (non-hydrogen) atoms. The minimum Gasteiger partial charge on any atom is -0.303 e. The third kappa shape index (κ3) is 2.17. The van der Waals surface area contributed by atoms with Crippen LogP contribution in [0.2, 0.25) is 0 Å². The lowest BCUT2D eigenvalue weighted by Gasteiger charge is -2.44. The Balaban J connectivity index is 1.90. The van der Waals surface area contributed by atoms with Gasteiger partial charge in [-0.25, -0.2) is 0 Å². The number of aldehydes is 1. The summed E-state index contributed by atoms with van der Waals surface area (Å²) in [6, 6.07) is 0.817. The third-order valence-electron chi connectivity index (χ3n) is 3.89. The van der Waals surface area contributed by atoms with Crippen molar-refractivity contribution in [3.63, 3.8) is 0 Å². The fourth-order valence-corrected chi connectivity index (χ4v) is 3.22. The van der Waals surface area contributed by atoms with E-state index in [1.54, 1.807) is 0 Å². The van der Waals surface area contributed by atoms with Gasteiger partial charge in [-0.15, -0.1) is 0 Å².